The summed E-state index contributed by atoms with van der Waals surface area (Å²) in [6, 6.07) is 15.5. The number of amides is 2. The molecule has 1 N–H and O–H groups in total. The van der Waals surface area contributed by atoms with Crippen LogP contribution in [0.3, 0.4) is 0 Å². The van der Waals surface area contributed by atoms with Crippen LogP contribution >= 0.6 is 11.6 Å². The average Bonchev–Trinajstić information content (AvgIpc) is 3.31. The van der Waals surface area contributed by atoms with Gasteiger partial charge in [0.15, 0.2) is 0 Å². The van der Waals surface area contributed by atoms with Gasteiger partial charge in [0.25, 0.3) is 0 Å². The van der Waals surface area contributed by atoms with Crippen molar-refractivity contribution in [1.29, 1.82) is 0 Å². The zero-order chi connectivity index (χ0) is 24.7. The molecule has 0 aromatic heterocycles. The molecule has 0 bridgehead atoms. The number of nitrogens with one attached hydrogen (secondary N) is 1. The van der Waals surface area contributed by atoms with Crippen molar-refractivity contribution in [3.8, 4) is 0 Å². The van der Waals surface area contributed by atoms with E-state index in [9.17, 15) is 18.0 Å². The Bertz CT molecular complexity index is 1090. The fourth-order valence-electron chi connectivity index (χ4n) is 4.21. The van der Waals surface area contributed by atoms with Crippen molar-refractivity contribution in [3.05, 3.63) is 65.2 Å². The van der Waals surface area contributed by atoms with Crippen LogP contribution in [-0.2, 0) is 26.0 Å². The first-order chi connectivity index (χ1) is 16.2. The summed E-state index contributed by atoms with van der Waals surface area (Å²) >= 11 is 6.24. The van der Waals surface area contributed by atoms with E-state index < -0.39 is 28.5 Å². The highest BCUT2D eigenvalue weighted by Gasteiger charge is 2.31. The quantitative estimate of drug-likeness (QED) is 0.534. The third-order valence-electron chi connectivity index (χ3n) is 6.15. The predicted octanol–water partition coefficient (Wildman–Crippen LogP) is 3.62. The van der Waals surface area contributed by atoms with Gasteiger partial charge in [-0.1, -0.05) is 66.9 Å². The molecule has 0 radical (unpaired) electrons. The van der Waals surface area contributed by atoms with Crippen LogP contribution in [0.4, 0.5) is 5.69 Å². The molecule has 0 aliphatic heterocycles. The van der Waals surface area contributed by atoms with Gasteiger partial charge in [0.2, 0.25) is 21.8 Å². The van der Waals surface area contributed by atoms with E-state index in [1.807, 2.05) is 30.3 Å². The van der Waals surface area contributed by atoms with Gasteiger partial charge < -0.3 is 10.2 Å². The van der Waals surface area contributed by atoms with E-state index in [-0.39, 0.29) is 29.2 Å². The number of halogens is 1. The van der Waals surface area contributed by atoms with Gasteiger partial charge in [0, 0.05) is 12.6 Å². The second kappa shape index (κ2) is 11.7. The number of para-hydroxylation sites is 1. The molecule has 2 aromatic rings. The monoisotopic (exact) mass is 505 g/mol. The van der Waals surface area contributed by atoms with Crippen LogP contribution in [0.25, 0.3) is 0 Å². The number of carbonyl (C=O) groups is 2. The molecule has 1 aliphatic rings. The Labute approximate surface area is 207 Å². The molecule has 0 spiro atoms. The number of rotatable bonds is 10. The highest BCUT2D eigenvalue weighted by Crippen LogP contribution is 2.27. The topological polar surface area (TPSA) is 86.8 Å². The highest BCUT2D eigenvalue weighted by atomic mass is 35.5. The second-order valence-electron chi connectivity index (χ2n) is 8.71. The maximum atomic E-state index is 13.5. The van der Waals surface area contributed by atoms with Crippen molar-refractivity contribution in [2.24, 2.45) is 0 Å². The minimum atomic E-state index is -3.80. The van der Waals surface area contributed by atoms with Gasteiger partial charge in [-0.25, -0.2) is 8.42 Å². The van der Waals surface area contributed by atoms with E-state index >= 15 is 0 Å². The van der Waals surface area contributed by atoms with Gasteiger partial charge in [-0.2, -0.15) is 0 Å². The van der Waals surface area contributed by atoms with Crippen molar-refractivity contribution in [3.63, 3.8) is 0 Å². The third-order valence-corrected chi connectivity index (χ3v) is 7.60. The first-order valence-corrected chi connectivity index (χ1v) is 13.8. The molecular formula is C25H32ClN3O4S. The Morgan fingerprint density at radius 1 is 1.06 bits per heavy atom. The van der Waals surface area contributed by atoms with Crippen LogP contribution in [0, 0.1) is 0 Å². The molecule has 184 valence electrons. The Balaban J connectivity index is 1.82. The smallest absolute Gasteiger partial charge is 0.244 e. The summed E-state index contributed by atoms with van der Waals surface area (Å²) in [7, 11) is -3.80. The molecule has 34 heavy (non-hydrogen) atoms. The van der Waals surface area contributed by atoms with Gasteiger partial charge in [-0.3, -0.25) is 13.9 Å². The zero-order valence-electron chi connectivity index (χ0n) is 19.6. The fraction of sp³-hybridized carbons (Fsp3) is 0.440. The lowest BCUT2D eigenvalue weighted by Crippen LogP contribution is -2.53. The molecule has 9 heteroatoms. The van der Waals surface area contributed by atoms with E-state index in [1.165, 1.54) is 4.90 Å². The highest BCUT2D eigenvalue weighted by molar-refractivity contribution is 7.92. The molecular weight excluding hydrogens is 474 g/mol. The van der Waals surface area contributed by atoms with Gasteiger partial charge in [-0.05, 0) is 43.9 Å². The summed E-state index contributed by atoms with van der Waals surface area (Å²) in [4.78, 5) is 28.0. The summed E-state index contributed by atoms with van der Waals surface area (Å²) in [5.74, 6) is -0.688. The normalized spacial score (nSPS) is 15.0. The van der Waals surface area contributed by atoms with Crippen molar-refractivity contribution in [2.75, 3.05) is 23.7 Å². The number of hydrogen-bond acceptors (Lipinski definition) is 4. The molecule has 1 fully saturated rings. The van der Waals surface area contributed by atoms with Crippen molar-refractivity contribution < 1.29 is 18.0 Å². The SMILES string of the molecule is C[C@H](C(=O)NC1CCCC1)N(CCc1ccccc1)C(=O)CN(c1ccccc1Cl)S(C)(=O)=O. The number of carbonyl (C=O) groups excluding carboxylic acids is 2. The molecule has 2 amide bonds. The summed E-state index contributed by atoms with van der Waals surface area (Å²) in [6.45, 7) is 1.52. The molecule has 0 heterocycles. The van der Waals surface area contributed by atoms with Crippen LogP contribution in [0.2, 0.25) is 5.02 Å². The number of anilines is 1. The minimum Gasteiger partial charge on any atom is -0.352 e. The number of benzene rings is 2. The largest absolute Gasteiger partial charge is 0.352 e. The van der Waals surface area contributed by atoms with Gasteiger partial charge in [-0.15, -0.1) is 0 Å². The van der Waals surface area contributed by atoms with Crippen molar-refractivity contribution >= 4 is 39.1 Å². The van der Waals surface area contributed by atoms with Crippen LogP contribution in [0.1, 0.15) is 38.2 Å². The summed E-state index contributed by atoms with van der Waals surface area (Å²) in [5.41, 5.74) is 1.25. The first kappa shape index (κ1) is 26.0. The van der Waals surface area contributed by atoms with E-state index in [4.69, 9.17) is 11.6 Å². The lowest BCUT2D eigenvalue weighted by atomic mass is 10.1. The van der Waals surface area contributed by atoms with E-state index in [0.717, 1.165) is 41.8 Å². The first-order valence-electron chi connectivity index (χ1n) is 11.5. The number of nitrogens with zero attached hydrogens (tertiary/aromatic N) is 2. The average molecular weight is 506 g/mol. The molecule has 1 atom stereocenters. The van der Waals surface area contributed by atoms with Crippen molar-refractivity contribution in [2.45, 2.75) is 51.1 Å². The molecule has 0 saturated heterocycles. The maximum Gasteiger partial charge on any atom is 0.244 e. The molecule has 3 rings (SSSR count). The molecule has 2 aromatic carbocycles. The lowest BCUT2D eigenvalue weighted by Gasteiger charge is -2.32. The van der Waals surface area contributed by atoms with Gasteiger partial charge in [0.05, 0.1) is 17.0 Å². The summed E-state index contributed by atoms with van der Waals surface area (Å²) < 4.78 is 26.1. The second-order valence-corrected chi connectivity index (χ2v) is 11.0. The minimum absolute atomic E-state index is 0.122. The molecule has 1 aliphatic carbocycles. The van der Waals surface area contributed by atoms with Gasteiger partial charge in [0.1, 0.15) is 12.6 Å². The maximum absolute atomic E-state index is 13.5. The molecule has 7 nitrogen and oxygen atoms in total. The van der Waals surface area contributed by atoms with Crippen LogP contribution < -0.4 is 9.62 Å². The Kier molecular flexibility index (Phi) is 8.97. The van der Waals surface area contributed by atoms with Crippen LogP contribution in [0.5, 0.6) is 0 Å². The van der Waals surface area contributed by atoms with Crippen LogP contribution in [0.15, 0.2) is 54.6 Å². The summed E-state index contributed by atoms with van der Waals surface area (Å²) in [5, 5.41) is 3.28. The Morgan fingerprint density at radius 2 is 1.68 bits per heavy atom. The lowest BCUT2D eigenvalue weighted by molar-refractivity contribution is -0.139. The van der Waals surface area contributed by atoms with E-state index in [0.29, 0.717) is 6.42 Å². The number of sulfonamides is 1. The van der Waals surface area contributed by atoms with Crippen LogP contribution in [-0.4, -0.2) is 56.6 Å². The standard InChI is InChI=1S/C25H32ClN3O4S/c1-19(25(31)27-21-12-6-7-13-21)28(17-16-20-10-4-3-5-11-20)24(30)18-29(34(2,32)33)23-15-9-8-14-22(23)26/h3-5,8-11,14-15,19,21H,6-7,12-13,16-18H2,1-2H3,(H,27,31)/t19-/m1/s1. The number of hydrogen-bond donors (Lipinski definition) is 1. The predicted molar refractivity (Wildman–Crippen MR) is 135 cm³/mol. The van der Waals surface area contributed by atoms with E-state index in [2.05, 4.69) is 5.32 Å². The van der Waals surface area contributed by atoms with Gasteiger partial charge >= 0.3 is 0 Å². The molecule has 0 unspecified atom stereocenters. The summed E-state index contributed by atoms with van der Waals surface area (Å²) in [6.07, 6.45) is 5.61. The zero-order valence-corrected chi connectivity index (χ0v) is 21.2. The van der Waals surface area contributed by atoms with E-state index in [1.54, 1.807) is 31.2 Å². The van der Waals surface area contributed by atoms with Crippen molar-refractivity contribution in [1.82, 2.24) is 10.2 Å². The molecule has 1 saturated carbocycles. The Hall–Kier alpha value is -2.58. The fourth-order valence-corrected chi connectivity index (χ4v) is 5.36. The third kappa shape index (κ3) is 6.96. The Morgan fingerprint density at radius 3 is 2.29 bits per heavy atom.